The van der Waals surface area contributed by atoms with Crippen molar-refractivity contribution < 1.29 is 0 Å². The zero-order valence-corrected chi connectivity index (χ0v) is 8.57. The third-order valence-corrected chi connectivity index (χ3v) is 2.62. The molecule has 1 aliphatic carbocycles. The van der Waals surface area contributed by atoms with Crippen LogP contribution in [0.15, 0.2) is 17.2 Å². The summed E-state index contributed by atoms with van der Waals surface area (Å²) in [5, 5.41) is 3.39. The summed E-state index contributed by atoms with van der Waals surface area (Å²) in [6, 6.07) is 0.721. The van der Waals surface area contributed by atoms with E-state index in [1.54, 1.807) is 9.13 Å². The Morgan fingerprint density at radius 2 is 2.14 bits per heavy atom. The van der Waals surface area contributed by atoms with E-state index in [0.717, 1.165) is 25.7 Å². The van der Waals surface area contributed by atoms with Crippen molar-refractivity contribution in [1.82, 2.24) is 14.5 Å². The standard InChI is InChI=1S/C10H17N3O/c1-2-12-7-8-13(10(12)14)6-5-11-9-3-4-9/h7-9,11H,2-6H2,1H3. The van der Waals surface area contributed by atoms with Crippen molar-refractivity contribution in [3.63, 3.8) is 0 Å². The summed E-state index contributed by atoms with van der Waals surface area (Å²) in [7, 11) is 0. The van der Waals surface area contributed by atoms with Crippen LogP contribution in [0.3, 0.4) is 0 Å². The van der Waals surface area contributed by atoms with E-state index in [0.29, 0.717) is 0 Å². The molecule has 1 aromatic rings. The lowest BCUT2D eigenvalue weighted by Gasteiger charge is -2.02. The van der Waals surface area contributed by atoms with Crippen molar-refractivity contribution in [1.29, 1.82) is 0 Å². The predicted octanol–water partition coefficient (Wildman–Crippen LogP) is 0.422. The molecule has 1 aromatic heterocycles. The number of hydrogen-bond acceptors (Lipinski definition) is 2. The van der Waals surface area contributed by atoms with Gasteiger partial charge in [-0.1, -0.05) is 0 Å². The number of nitrogens with zero attached hydrogens (tertiary/aromatic N) is 2. The van der Waals surface area contributed by atoms with Crippen LogP contribution in [0.4, 0.5) is 0 Å². The zero-order chi connectivity index (χ0) is 9.97. The summed E-state index contributed by atoms with van der Waals surface area (Å²) >= 11 is 0. The molecule has 0 radical (unpaired) electrons. The summed E-state index contributed by atoms with van der Waals surface area (Å²) in [4.78, 5) is 11.6. The van der Waals surface area contributed by atoms with Crippen LogP contribution in [0, 0.1) is 0 Å². The minimum absolute atomic E-state index is 0.102. The van der Waals surface area contributed by atoms with Crippen LogP contribution in [0.1, 0.15) is 19.8 Å². The molecule has 0 aromatic carbocycles. The number of aromatic nitrogens is 2. The highest BCUT2D eigenvalue weighted by Crippen LogP contribution is 2.17. The topological polar surface area (TPSA) is 39.0 Å². The molecular weight excluding hydrogens is 178 g/mol. The van der Waals surface area contributed by atoms with E-state index in [1.165, 1.54) is 12.8 Å². The summed E-state index contributed by atoms with van der Waals surface area (Å²) in [5.41, 5.74) is 0.102. The average molecular weight is 195 g/mol. The van der Waals surface area contributed by atoms with Gasteiger partial charge in [-0.25, -0.2) is 4.79 Å². The number of aryl methyl sites for hydroxylation is 1. The monoisotopic (exact) mass is 195 g/mol. The molecule has 0 atom stereocenters. The van der Waals surface area contributed by atoms with Crippen molar-refractivity contribution in [2.75, 3.05) is 6.54 Å². The van der Waals surface area contributed by atoms with Crippen LogP contribution in [0.5, 0.6) is 0 Å². The van der Waals surface area contributed by atoms with Crippen molar-refractivity contribution >= 4 is 0 Å². The van der Waals surface area contributed by atoms with Gasteiger partial charge in [-0.2, -0.15) is 0 Å². The van der Waals surface area contributed by atoms with E-state index in [2.05, 4.69) is 5.32 Å². The highest BCUT2D eigenvalue weighted by atomic mass is 16.1. The largest absolute Gasteiger partial charge is 0.328 e. The smallest absolute Gasteiger partial charge is 0.312 e. The van der Waals surface area contributed by atoms with E-state index >= 15 is 0 Å². The molecule has 1 saturated carbocycles. The lowest BCUT2D eigenvalue weighted by Crippen LogP contribution is -2.29. The molecule has 1 fully saturated rings. The quantitative estimate of drug-likeness (QED) is 0.739. The third kappa shape index (κ3) is 2.07. The van der Waals surface area contributed by atoms with Gasteiger partial charge in [0.05, 0.1) is 0 Å². The van der Waals surface area contributed by atoms with Crippen LogP contribution in [0.25, 0.3) is 0 Å². The zero-order valence-electron chi connectivity index (χ0n) is 8.57. The van der Waals surface area contributed by atoms with Crippen molar-refractivity contribution in [3.05, 3.63) is 22.9 Å². The molecule has 4 nitrogen and oxygen atoms in total. The second-order valence-corrected chi connectivity index (χ2v) is 3.79. The highest BCUT2D eigenvalue weighted by Gasteiger charge is 2.19. The summed E-state index contributed by atoms with van der Waals surface area (Å²) in [5.74, 6) is 0. The van der Waals surface area contributed by atoms with E-state index in [1.807, 2.05) is 19.3 Å². The van der Waals surface area contributed by atoms with E-state index in [4.69, 9.17) is 0 Å². The van der Waals surface area contributed by atoms with Crippen LogP contribution in [0.2, 0.25) is 0 Å². The van der Waals surface area contributed by atoms with Gasteiger partial charge < -0.3 is 5.32 Å². The number of hydrogen-bond donors (Lipinski definition) is 1. The maximum atomic E-state index is 11.6. The summed E-state index contributed by atoms with van der Waals surface area (Å²) in [6.07, 6.45) is 6.30. The number of rotatable bonds is 5. The Labute approximate surface area is 83.5 Å². The van der Waals surface area contributed by atoms with Crippen molar-refractivity contribution in [2.45, 2.75) is 38.9 Å². The Morgan fingerprint density at radius 1 is 1.43 bits per heavy atom. The summed E-state index contributed by atoms with van der Waals surface area (Å²) in [6.45, 7) is 4.41. The maximum absolute atomic E-state index is 11.6. The highest BCUT2D eigenvalue weighted by molar-refractivity contribution is 4.83. The lowest BCUT2D eigenvalue weighted by molar-refractivity contribution is 0.569. The second kappa shape index (κ2) is 4.00. The fourth-order valence-corrected chi connectivity index (χ4v) is 1.54. The normalized spacial score (nSPS) is 16.1. The van der Waals surface area contributed by atoms with Crippen LogP contribution in [-0.2, 0) is 13.1 Å². The first kappa shape index (κ1) is 9.52. The van der Waals surface area contributed by atoms with Crippen molar-refractivity contribution in [2.24, 2.45) is 0 Å². The molecule has 14 heavy (non-hydrogen) atoms. The fourth-order valence-electron chi connectivity index (χ4n) is 1.54. The van der Waals surface area contributed by atoms with Crippen LogP contribution in [-0.4, -0.2) is 21.7 Å². The van der Waals surface area contributed by atoms with E-state index < -0.39 is 0 Å². The first-order valence-corrected chi connectivity index (χ1v) is 5.30. The molecule has 0 amide bonds. The third-order valence-electron chi connectivity index (χ3n) is 2.62. The Kier molecular flexibility index (Phi) is 2.72. The molecule has 0 aliphatic heterocycles. The van der Waals surface area contributed by atoms with Crippen LogP contribution < -0.4 is 11.0 Å². The van der Waals surface area contributed by atoms with E-state index in [-0.39, 0.29) is 5.69 Å². The van der Waals surface area contributed by atoms with Gasteiger partial charge in [0.1, 0.15) is 0 Å². The average Bonchev–Trinajstić information content (AvgIpc) is 2.93. The second-order valence-electron chi connectivity index (χ2n) is 3.79. The van der Waals surface area contributed by atoms with Gasteiger partial charge in [0.15, 0.2) is 0 Å². The van der Waals surface area contributed by atoms with Gasteiger partial charge in [0.25, 0.3) is 0 Å². The molecule has 1 N–H and O–H groups in total. The molecule has 1 heterocycles. The lowest BCUT2D eigenvalue weighted by atomic mass is 10.5. The SMILES string of the molecule is CCn1ccn(CCNC2CC2)c1=O. The molecule has 0 spiro atoms. The number of nitrogens with one attached hydrogen (secondary N) is 1. The Bertz CT molecular complexity index is 348. The fraction of sp³-hybridized carbons (Fsp3) is 0.700. The molecule has 0 unspecified atom stereocenters. The minimum Gasteiger partial charge on any atom is -0.312 e. The molecule has 2 rings (SSSR count). The molecular formula is C10H17N3O. The van der Waals surface area contributed by atoms with Gasteiger partial charge in [-0.15, -0.1) is 0 Å². The maximum Gasteiger partial charge on any atom is 0.328 e. The Balaban J connectivity index is 1.88. The van der Waals surface area contributed by atoms with Gasteiger partial charge in [0, 0.05) is 38.1 Å². The van der Waals surface area contributed by atoms with Gasteiger partial charge >= 0.3 is 5.69 Å². The molecule has 1 aliphatic rings. The Hall–Kier alpha value is -1.03. The first-order valence-electron chi connectivity index (χ1n) is 5.30. The molecule has 4 heteroatoms. The van der Waals surface area contributed by atoms with Gasteiger partial charge in [0.2, 0.25) is 0 Å². The molecule has 78 valence electrons. The first-order chi connectivity index (χ1) is 6.81. The molecule has 0 bridgehead atoms. The van der Waals surface area contributed by atoms with Gasteiger partial charge in [-0.05, 0) is 19.8 Å². The van der Waals surface area contributed by atoms with Crippen molar-refractivity contribution in [3.8, 4) is 0 Å². The predicted molar refractivity (Wildman–Crippen MR) is 55.4 cm³/mol. The minimum atomic E-state index is 0.102. The van der Waals surface area contributed by atoms with E-state index in [9.17, 15) is 4.79 Å². The Morgan fingerprint density at radius 3 is 2.71 bits per heavy atom. The molecule has 0 saturated heterocycles. The number of imidazole rings is 1. The van der Waals surface area contributed by atoms with Gasteiger partial charge in [-0.3, -0.25) is 9.13 Å². The van der Waals surface area contributed by atoms with Crippen LogP contribution >= 0.6 is 0 Å². The summed E-state index contributed by atoms with van der Waals surface area (Å²) < 4.78 is 3.48.